The minimum atomic E-state index is -0.220. The van der Waals surface area contributed by atoms with E-state index in [0.29, 0.717) is 22.9 Å². The number of pyridine rings is 1. The topological polar surface area (TPSA) is 66.9 Å². The highest BCUT2D eigenvalue weighted by Crippen LogP contribution is 2.19. The number of carbonyl (C=O) groups is 1. The fourth-order valence-electron chi connectivity index (χ4n) is 1.51. The summed E-state index contributed by atoms with van der Waals surface area (Å²) in [4.78, 5) is 20.3. The van der Waals surface area contributed by atoms with Crippen LogP contribution in [0.1, 0.15) is 21.1 Å². The van der Waals surface area contributed by atoms with E-state index >= 15 is 0 Å². The van der Waals surface area contributed by atoms with Gasteiger partial charge < -0.3 is 10.6 Å². The van der Waals surface area contributed by atoms with Crippen LogP contribution in [0, 0.1) is 6.92 Å². The molecule has 19 heavy (non-hydrogen) atoms. The number of carbonyl (C=O) groups excluding carboxylic acids is 1. The second kappa shape index (κ2) is 5.99. The number of aryl methyl sites for hydroxylation is 1. The van der Waals surface area contributed by atoms with Gasteiger partial charge in [-0.1, -0.05) is 11.6 Å². The lowest BCUT2D eigenvalue weighted by Crippen LogP contribution is -2.23. The van der Waals surface area contributed by atoms with Crippen molar-refractivity contribution < 1.29 is 4.79 Å². The minimum absolute atomic E-state index is 0.220. The Morgan fingerprint density at radius 3 is 2.89 bits per heavy atom. The second-order valence-electron chi connectivity index (χ2n) is 3.84. The Labute approximate surface area is 120 Å². The third-order valence-corrected chi connectivity index (χ3v) is 3.55. The van der Waals surface area contributed by atoms with Crippen molar-refractivity contribution in [3.05, 3.63) is 38.9 Å². The molecule has 1 amide bonds. The fraction of sp³-hybridized carbons (Fsp3) is 0.250. The van der Waals surface area contributed by atoms with Gasteiger partial charge >= 0.3 is 0 Å². The van der Waals surface area contributed by atoms with E-state index in [9.17, 15) is 4.79 Å². The molecule has 0 saturated carbocycles. The molecule has 0 aliphatic rings. The lowest BCUT2D eigenvalue weighted by Gasteiger charge is -2.06. The van der Waals surface area contributed by atoms with Gasteiger partial charge in [0.2, 0.25) is 0 Å². The number of rotatable bonds is 4. The molecule has 2 aromatic heterocycles. The van der Waals surface area contributed by atoms with Crippen LogP contribution in [0.5, 0.6) is 0 Å². The Hall–Kier alpha value is -1.66. The molecule has 0 aliphatic heterocycles. The SMILES string of the molecule is CNc1ncc(C(=O)NCc2csc(C)n2)cc1Cl. The van der Waals surface area contributed by atoms with Gasteiger partial charge in [-0.3, -0.25) is 4.79 Å². The van der Waals surface area contributed by atoms with Crippen molar-refractivity contribution >= 4 is 34.7 Å². The standard InChI is InChI=1S/C12H13ClN4OS/c1-7-17-9(6-19-7)5-16-12(18)8-3-10(13)11(14-2)15-4-8/h3-4,6H,5H2,1-2H3,(H,14,15)(H,16,18). The van der Waals surface area contributed by atoms with Gasteiger partial charge in [0.15, 0.2) is 0 Å². The Morgan fingerprint density at radius 2 is 2.32 bits per heavy atom. The van der Waals surface area contributed by atoms with E-state index < -0.39 is 0 Å². The van der Waals surface area contributed by atoms with Crippen molar-refractivity contribution in [2.45, 2.75) is 13.5 Å². The smallest absolute Gasteiger partial charge is 0.253 e. The predicted molar refractivity (Wildman–Crippen MR) is 76.8 cm³/mol. The van der Waals surface area contributed by atoms with Crippen molar-refractivity contribution in [3.63, 3.8) is 0 Å². The lowest BCUT2D eigenvalue weighted by molar-refractivity contribution is 0.0950. The number of hydrogen-bond donors (Lipinski definition) is 2. The van der Waals surface area contributed by atoms with Crippen LogP contribution >= 0.6 is 22.9 Å². The molecule has 0 spiro atoms. The molecule has 0 aliphatic carbocycles. The summed E-state index contributed by atoms with van der Waals surface area (Å²) >= 11 is 7.53. The van der Waals surface area contributed by atoms with Gasteiger partial charge in [0.1, 0.15) is 5.82 Å². The van der Waals surface area contributed by atoms with E-state index in [1.54, 1.807) is 24.5 Å². The Balaban J connectivity index is 2.01. The summed E-state index contributed by atoms with van der Waals surface area (Å²) in [6.07, 6.45) is 1.49. The molecule has 5 nitrogen and oxygen atoms in total. The van der Waals surface area contributed by atoms with Gasteiger partial charge in [-0.25, -0.2) is 9.97 Å². The highest BCUT2D eigenvalue weighted by Gasteiger charge is 2.09. The first-order valence-corrected chi connectivity index (χ1v) is 6.88. The zero-order chi connectivity index (χ0) is 13.8. The maximum Gasteiger partial charge on any atom is 0.253 e. The third kappa shape index (κ3) is 3.42. The number of anilines is 1. The van der Waals surface area contributed by atoms with Gasteiger partial charge in [-0.2, -0.15) is 0 Å². The molecule has 0 fully saturated rings. The van der Waals surface area contributed by atoms with Crippen molar-refractivity contribution in [2.75, 3.05) is 12.4 Å². The van der Waals surface area contributed by atoms with Crippen LogP contribution < -0.4 is 10.6 Å². The van der Waals surface area contributed by atoms with E-state index in [-0.39, 0.29) is 5.91 Å². The normalized spacial score (nSPS) is 10.3. The first-order valence-electron chi connectivity index (χ1n) is 5.62. The summed E-state index contributed by atoms with van der Waals surface area (Å²) in [5.74, 6) is 0.330. The van der Waals surface area contributed by atoms with Gasteiger partial charge in [-0.05, 0) is 13.0 Å². The molecule has 2 N–H and O–H groups in total. The van der Waals surface area contributed by atoms with Crippen LogP contribution in [0.25, 0.3) is 0 Å². The van der Waals surface area contributed by atoms with Crippen molar-refractivity contribution in [1.82, 2.24) is 15.3 Å². The zero-order valence-electron chi connectivity index (χ0n) is 10.5. The Kier molecular flexibility index (Phi) is 4.34. The highest BCUT2D eigenvalue weighted by atomic mass is 35.5. The second-order valence-corrected chi connectivity index (χ2v) is 5.31. The fourth-order valence-corrected chi connectivity index (χ4v) is 2.38. The molecule has 2 rings (SSSR count). The largest absolute Gasteiger partial charge is 0.372 e. The third-order valence-electron chi connectivity index (χ3n) is 2.44. The average molecular weight is 297 g/mol. The first kappa shape index (κ1) is 13.8. The van der Waals surface area contributed by atoms with Crippen LogP contribution in [0.2, 0.25) is 5.02 Å². The molecular weight excluding hydrogens is 284 g/mol. The first-order chi connectivity index (χ1) is 9.10. The maximum atomic E-state index is 11.9. The molecule has 7 heteroatoms. The summed E-state index contributed by atoms with van der Waals surface area (Å²) in [7, 11) is 1.72. The van der Waals surface area contributed by atoms with Gasteiger partial charge in [0, 0.05) is 18.6 Å². The van der Waals surface area contributed by atoms with Crippen LogP contribution in [-0.2, 0) is 6.54 Å². The molecule has 0 bridgehead atoms. The molecular formula is C12H13ClN4OS. The van der Waals surface area contributed by atoms with E-state index in [1.807, 2.05) is 12.3 Å². The number of thiazole rings is 1. The monoisotopic (exact) mass is 296 g/mol. The van der Waals surface area contributed by atoms with Gasteiger partial charge in [0.05, 0.1) is 27.8 Å². The summed E-state index contributed by atoms with van der Waals surface area (Å²) in [6, 6.07) is 1.59. The molecule has 0 atom stereocenters. The van der Waals surface area contributed by atoms with Crippen LogP contribution in [0.15, 0.2) is 17.6 Å². The van der Waals surface area contributed by atoms with Crippen molar-refractivity contribution in [1.29, 1.82) is 0 Å². The van der Waals surface area contributed by atoms with Crippen LogP contribution in [0.3, 0.4) is 0 Å². The molecule has 0 radical (unpaired) electrons. The minimum Gasteiger partial charge on any atom is -0.372 e. The molecule has 0 unspecified atom stereocenters. The number of amides is 1. The average Bonchev–Trinajstić information content (AvgIpc) is 2.81. The van der Waals surface area contributed by atoms with Crippen molar-refractivity contribution in [3.8, 4) is 0 Å². The van der Waals surface area contributed by atoms with Crippen molar-refractivity contribution in [2.24, 2.45) is 0 Å². The summed E-state index contributed by atoms with van der Waals surface area (Å²) in [6.45, 7) is 2.32. The van der Waals surface area contributed by atoms with Gasteiger partial charge in [-0.15, -0.1) is 11.3 Å². The van der Waals surface area contributed by atoms with E-state index in [0.717, 1.165) is 10.7 Å². The van der Waals surface area contributed by atoms with E-state index in [4.69, 9.17) is 11.6 Å². The number of halogens is 1. The summed E-state index contributed by atoms with van der Waals surface area (Å²) < 4.78 is 0. The number of aromatic nitrogens is 2. The highest BCUT2D eigenvalue weighted by molar-refractivity contribution is 7.09. The lowest BCUT2D eigenvalue weighted by atomic mass is 10.2. The molecule has 0 saturated heterocycles. The predicted octanol–water partition coefficient (Wildman–Crippen LogP) is 2.47. The summed E-state index contributed by atoms with van der Waals surface area (Å²) in [5, 5.41) is 8.93. The van der Waals surface area contributed by atoms with E-state index in [1.165, 1.54) is 6.20 Å². The van der Waals surface area contributed by atoms with E-state index in [2.05, 4.69) is 20.6 Å². The Bertz CT molecular complexity index is 599. The maximum absolute atomic E-state index is 11.9. The quantitative estimate of drug-likeness (QED) is 0.909. The molecule has 100 valence electrons. The zero-order valence-corrected chi connectivity index (χ0v) is 12.1. The number of hydrogen-bond acceptors (Lipinski definition) is 5. The molecule has 2 aromatic rings. The molecule has 2 heterocycles. The van der Waals surface area contributed by atoms with Gasteiger partial charge in [0.25, 0.3) is 5.91 Å². The number of nitrogens with one attached hydrogen (secondary N) is 2. The van der Waals surface area contributed by atoms with Crippen LogP contribution in [-0.4, -0.2) is 22.9 Å². The van der Waals surface area contributed by atoms with Crippen LogP contribution in [0.4, 0.5) is 5.82 Å². The Morgan fingerprint density at radius 1 is 1.53 bits per heavy atom. The number of nitrogens with zero attached hydrogens (tertiary/aromatic N) is 2. The molecule has 0 aromatic carbocycles. The summed E-state index contributed by atoms with van der Waals surface area (Å²) in [5.41, 5.74) is 1.28.